The summed E-state index contributed by atoms with van der Waals surface area (Å²) < 4.78 is 1.00. The Hall–Kier alpha value is -1.62. The standard InChI is InChI=1S/C12H15N3OS/c1-6(2)11(16)14-8-4-7(3)10-9(5-8)17-12(13)15-10/h4-6H,1-3H3,(H2,13,15)(H,14,16). The first-order valence-corrected chi connectivity index (χ1v) is 6.26. The Morgan fingerprint density at radius 2 is 2.18 bits per heavy atom. The van der Waals surface area contributed by atoms with Gasteiger partial charge in [-0.05, 0) is 24.6 Å². The van der Waals surface area contributed by atoms with Crippen molar-refractivity contribution in [2.24, 2.45) is 5.92 Å². The number of fused-ring (bicyclic) bond motifs is 1. The van der Waals surface area contributed by atoms with Crippen LogP contribution in [0.1, 0.15) is 19.4 Å². The molecule has 0 atom stereocenters. The molecule has 0 aliphatic heterocycles. The average Bonchev–Trinajstić information content (AvgIpc) is 2.59. The van der Waals surface area contributed by atoms with Crippen molar-refractivity contribution in [2.45, 2.75) is 20.8 Å². The molecule has 0 radical (unpaired) electrons. The van der Waals surface area contributed by atoms with Gasteiger partial charge in [0.2, 0.25) is 5.91 Å². The van der Waals surface area contributed by atoms with Crippen LogP contribution in [0.5, 0.6) is 0 Å². The number of hydrogen-bond donors (Lipinski definition) is 2. The molecular weight excluding hydrogens is 234 g/mol. The molecule has 0 saturated heterocycles. The molecule has 0 bridgehead atoms. The van der Waals surface area contributed by atoms with Gasteiger partial charge < -0.3 is 11.1 Å². The van der Waals surface area contributed by atoms with Crippen molar-refractivity contribution in [1.82, 2.24) is 4.98 Å². The number of anilines is 2. The van der Waals surface area contributed by atoms with Crippen molar-refractivity contribution in [1.29, 1.82) is 0 Å². The minimum absolute atomic E-state index is 0.0150. The molecule has 1 heterocycles. The first-order chi connectivity index (χ1) is 7.97. The van der Waals surface area contributed by atoms with Crippen LogP contribution in [-0.4, -0.2) is 10.9 Å². The van der Waals surface area contributed by atoms with Gasteiger partial charge in [-0.1, -0.05) is 25.2 Å². The first-order valence-electron chi connectivity index (χ1n) is 5.45. The molecule has 1 amide bonds. The fourth-order valence-electron chi connectivity index (χ4n) is 1.57. The van der Waals surface area contributed by atoms with Crippen molar-refractivity contribution >= 4 is 38.3 Å². The quantitative estimate of drug-likeness (QED) is 0.860. The van der Waals surface area contributed by atoms with Gasteiger partial charge in [0.25, 0.3) is 0 Å². The molecule has 4 nitrogen and oxygen atoms in total. The Kier molecular flexibility index (Phi) is 3.02. The summed E-state index contributed by atoms with van der Waals surface area (Å²) in [5.41, 5.74) is 8.42. The fraction of sp³-hybridized carbons (Fsp3) is 0.333. The SMILES string of the molecule is Cc1cc(NC(=O)C(C)C)cc2sc(N)nc12. The lowest BCUT2D eigenvalue weighted by Crippen LogP contribution is -2.17. The number of hydrogen-bond acceptors (Lipinski definition) is 4. The number of nitrogens with one attached hydrogen (secondary N) is 1. The van der Waals surface area contributed by atoms with Crippen LogP contribution in [-0.2, 0) is 4.79 Å². The first kappa shape index (κ1) is 11.9. The average molecular weight is 249 g/mol. The van der Waals surface area contributed by atoms with Crippen LogP contribution in [0.15, 0.2) is 12.1 Å². The van der Waals surface area contributed by atoms with E-state index in [4.69, 9.17) is 5.73 Å². The smallest absolute Gasteiger partial charge is 0.226 e. The summed E-state index contributed by atoms with van der Waals surface area (Å²) in [5, 5.41) is 3.43. The summed E-state index contributed by atoms with van der Waals surface area (Å²) in [5.74, 6) is -0.0150. The number of thiazole rings is 1. The molecule has 2 rings (SSSR count). The van der Waals surface area contributed by atoms with Crippen LogP contribution in [0.2, 0.25) is 0 Å². The van der Waals surface area contributed by atoms with E-state index in [0.717, 1.165) is 21.5 Å². The van der Waals surface area contributed by atoms with Crippen molar-refractivity contribution in [3.05, 3.63) is 17.7 Å². The van der Waals surface area contributed by atoms with E-state index in [1.165, 1.54) is 11.3 Å². The van der Waals surface area contributed by atoms with Gasteiger partial charge in [0.15, 0.2) is 5.13 Å². The van der Waals surface area contributed by atoms with E-state index in [1.54, 1.807) is 0 Å². The lowest BCUT2D eigenvalue weighted by atomic mass is 10.1. The number of carbonyl (C=O) groups is 1. The van der Waals surface area contributed by atoms with Gasteiger partial charge in [-0.15, -0.1) is 0 Å². The lowest BCUT2D eigenvalue weighted by Gasteiger charge is -2.08. The van der Waals surface area contributed by atoms with E-state index in [2.05, 4.69) is 10.3 Å². The number of carbonyl (C=O) groups excluding carboxylic acids is 1. The minimum atomic E-state index is -0.0301. The molecule has 2 aromatic rings. The van der Waals surface area contributed by atoms with Gasteiger partial charge >= 0.3 is 0 Å². The van der Waals surface area contributed by atoms with E-state index >= 15 is 0 Å². The highest BCUT2D eigenvalue weighted by molar-refractivity contribution is 7.22. The molecular formula is C12H15N3OS. The van der Waals surface area contributed by atoms with Gasteiger partial charge in [0.1, 0.15) is 0 Å². The van der Waals surface area contributed by atoms with Crippen molar-refractivity contribution < 1.29 is 4.79 Å². The Morgan fingerprint density at radius 3 is 2.82 bits per heavy atom. The van der Waals surface area contributed by atoms with Crippen LogP contribution in [0.3, 0.4) is 0 Å². The minimum Gasteiger partial charge on any atom is -0.375 e. The summed E-state index contributed by atoms with van der Waals surface area (Å²) in [6.07, 6.45) is 0. The Balaban J connectivity index is 2.39. The number of nitrogens with two attached hydrogens (primary N) is 1. The van der Waals surface area contributed by atoms with Crippen molar-refractivity contribution in [3.63, 3.8) is 0 Å². The molecule has 0 aliphatic carbocycles. The van der Waals surface area contributed by atoms with E-state index in [0.29, 0.717) is 5.13 Å². The predicted octanol–water partition coefficient (Wildman–Crippen LogP) is 2.78. The van der Waals surface area contributed by atoms with Gasteiger partial charge in [-0.25, -0.2) is 4.98 Å². The predicted molar refractivity (Wildman–Crippen MR) is 72.2 cm³/mol. The normalized spacial score (nSPS) is 11.1. The zero-order chi connectivity index (χ0) is 12.6. The molecule has 90 valence electrons. The van der Waals surface area contributed by atoms with Crippen LogP contribution in [0.4, 0.5) is 10.8 Å². The Bertz CT molecular complexity index is 574. The third-order valence-corrected chi connectivity index (χ3v) is 3.33. The van der Waals surface area contributed by atoms with Crippen LogP contribution < -0.4 is 11.1 Å². The van der Waals surface area contributed by atoms with E-state index in [9.17, 15) is 4.79 Å². The Labute approximate surface area is 104 Å². The molecule has 0 aliphatic rings. The topological polar surface area (TPSA) is 68.0 Å². The number of nitrogens with zero attached hydrogens (tertiary/aromatic N) is 1. The molecule has 0 saturated carbocycles. The zero-order valence-corrected chi connectivity index (χ0v) is 10.9. The summed E-state index contributed by atoms with van der Waals surface area (Å²) >= 11 is 1.43. The number of benzene rings is 1. The van der Waals surface area contributed by atoms with Gasteiger partial charge in [-0.3, -0.25) is 4.79 Å². The molecule has 1 aromatic heterocycles. The fourth-order valence-corrected chi connectivity index (χ4v) is 2.42. The second-order valence-corrected chi connectivity index (χ2v) is 5.40. The van der Waals surface area contributed by atoms with E-state index in [-0.39, 0.29) is 11.8 Å². The second-order valence-electron chi connectivity index (χ2n) is 4.34. The monoisotopic (exact) mass is 249 g/mol. The second kappa shape index (κ2) is 4.33. The third kappa shape index (κ3) is 2.39. The Morgan fingerprint density at radius 1 is 1.47 bits per heavy atom. The van der Waals surface area contributed by atoms with Crippen molar-refractivity contribution in [3.8, 4) is 0 Å². The van der Waals surface area contributed by atoms with Gasteiger partial charge in [-0.2, -0.15) is 0 Å². The third-order valence-electron chi connectivity index (χ3n) is 2.49. The zero-order valence-electron chi connectivity index (χ0n) is 10.1. The molecule has 17 heavy (non-hydrogen) atoms. The van der Waals surface area contributed by atoms with Crippen LogP contribution in [0, 0.1) is 12.8 Å². The van der Waals surface area contributed by atoms with Gasteiger partial charge in [0.05, 0.1) is 10.2 Å². The molecule has 1 aromatic carbocycles. The van der Waals surface area contributed by atoms with Crippen LogP contribution in [0.25, 0.3) is 10.2 Å². The maximum atomic E-state index is 11.6. The largest absolute Gasteiger partial charge is 0.375 e. The molecule has 5 heteroatoms. The number of aromatic nitrogens is 1. The maximum Gasteiger partial charge on any atom is 0.226 e. The molecule has 0 unspecified atom stereocenters. The maximum absolute atomic E-state index is 11.6. The van der Waals surface area contributed by atoms with E-state index in [1.807, 2.05) is 32.9 Å². The molecule has 0 fully saturated rings. The summed E-state index contributed by atoms with van der Waals surface area (Å²) in [7, 11) is 0. The summed E-state index contributed by atoms with van der Waals surface area (Å²) in [4.78, 5) is 15.9. The highest BCUT2D eigenvalue weighted by atomic mass is 32.1. The van der Waals surface area contributed by atoms with Crippen molar-refractivity contribution in [2.75, 3.05) is 11.1 Å². The molecule has 3 N–H and O–H groups in total. The summed E-state index contributed by atoms with van der Waals surface area (Å²) in [6.45, 7) is 5.70. The van der Waals surface area contributed by atoms with Crippen LogP contribution >= 0.6 is 11.3 Å². The molecule has 0 spiro atoms. The number of amides is 1. The van der Waals surface area contributed by atoms with Gasteiger partial charge in [0, 0.05) is 11.6 Å². The highest BCUT2D eigenvalue weighted by Crippen LogP contribution is 2.29. The van der Waals surface area contributed by atoms with E-state index < -0.39 is 0 Å². The number of nitrogen functional groups attached to an aromatic ring is 1. The lowest BCUT2D eigenvalue weighted by molar-refractivity contribution is -0.118. The number of rotatable bonds is 2. The number of aryl methyl sites for hydroxylation is 1. The summed E-state index contributed by atoms with van der Waals surface area (Å²) in [6, 6.07) is 3.83. The highest BCUT2D eigenvalue weighted by Gasteiger charge is 2.10.